The van der Waals surface area contributed by atoms with E-state index in [2.05, 4.69) is 5.32 Å². The zero-order valence-electron chi connectivity index (χ0n) is 15.9. The minimum atomic E-state index is -0.659. The normalized spacial score (nSPS) is 21.2. The molecule has 1 saturated heterocycles. The molecule has 0 saturated carbocycles. The van der Waals surface area contributed by atoms with Crippen LogP contribution in [-0.4, -0.2) is 40.5 Å². The molecule has 1 amide bonds. The Labute approximate surface area is 148 Å². The number of amides is 1. The molecule has 0 unspecified atom stereocenters. The maximum atomic E-state index is 12.5. The highest BCUT2D eigenvalue weighted by atomic mass is 16.7. The third kappa shape index (κ3) is 2.97. The van der Waals surface area contributed by atoms with Gasteiger partial charge in [0.1, 0.15) is 11.3 Å². The molecule has 0 bridgehead atoms. The van der Waals surface area contributed by atoms with Crippen LogP contribution in [0.1, 0.15) is 64.5 Å². The summed E-state index contributed by atoms with van der Waals surface area (Å²) in [7, 11) is -0.643. The van der Waals surface area contributed by atoms with Crippen molar-refractivity contribution in [3.05, 3.63) is 17.5 Å². The van der Waals surface area contributed by atoms with Gasteiger partial charge < -0.3 is 19.4 Å². The SMILES string of the molecule is CC(C)(C)OC(=O)n1cc(B2OC(C)(C)C(C)(C)O2)c2c1C(=O)NC2. The van der Waals surface area contributed by atoms with Gasteiger partial charge in [-0.25, -0.2) is 9.36 Å². The average Bonchev–Trinajstić information content (AvgIpc) is 3.02. The highest BCUT2D eigenvalue weighted by molar-refractivity contribution is 6.63. The van der Waals surface area contributed by atoms with Crippen LogP contribution in [0.15, 0.2) is 6.20 Å². The summed E-state index contributed by atoms with van der Waals surface area (Å²) >= 11 is 0. The van der Waals surface area contributed by atoms with Crippen LogP contribution in [0, 0.1) is 0 Å². The van der Waals surface area contributed by atoms with Crippen molar-refractivity contribution in [1.29, 1.82) is 0 Å². The summed E-state index contributed by atoms with van der Waals surface area (Å²) in [6, 6.07) is 0. The van der Waals surface area contributed by atoms with Gasteiger partial charge in [-0.3, -0.25) is 4.79 Å². The number of nitrogens with zero attached hydrogens (tertiary/aromatic N) is 1. The van der Waals surface area contributed by atoms with Gasteiger partial charge in [-0.1, -0.05) is 0 Å². The van der Waals surface area contributed by atoms with E-state index in [1.165, 1.54) is 4.57 Å². The predicted molar refractivity (Wildman–Crippen MR) is 93.0 cm³/mol. The lowest BCUT2D eigenvalue weighted by atomic mass is 9.78. The lowest BCUT2D eigenvalue weighted by Gasteiger charge is -2.32. The van der Waals surface area contributed by atoms with Gasteiger partial charge in [0.05, 0.1) is 11.2 Å². The molecule has 0 aromatic carbocycles. The number of hydrogen-bond donors (Lipinski definition) is 1. The van der Waals surface area contributed by atoms with Crippen LogP contribution >= 0.6 is 0 Å². The Morgan fingerprint density at radius 2 is 1.80 bits per heavy atom. The number of nitrogens with one attached hydrogen (secondary N) is 1. The van der Waals surface area contributed by atoms with Gasteiger partial charge in [-0.05, 0) is 48.5 Å². The molecular weight excluding hydrogens is 323 g/mol. The zero-order valence-corrected chi connectivity index (χ0v) is 15.9. The molecule has 0 atom stereocenters. The summed E-state index contributed by atoms with van der Waals surface area (Å²) in [6.07, 6.45) is 1.00. The van der Waals surface area contributed by atoms with E-state index >= 15 is 0 Å². The molecule has 0 spiro atoms. The number of hydrogen-bond acceptors (Lipinski definition) is 5. The Hall–Kier alpha value is -1.80. The van der Waals surface area contributed by atoms with E-state index in [-0.39, 0.29) is 5.91 Å². The van der Waals surface area contributed by atoms with E-state index < -0.39 is 30.0 Å². The third-order valence-corrected chi connectivity index (χ3v) is 4.88. The molecule has 136 valence electrons. The minimum Gasteiger partial charge on any atom is -0.443 e. The molecule has 7 nitrogen and oxygen atoms in total. The highest BCUT2D eigenvalue weighted by Gasteiger charge is 2.53. The van der Waals surface area contributed by atoms with Gasteiger partial charge in [0.25, 0.3) is 5.91 Å². The summed E-state index contributed by atoms with van der Waals surface area (Å²) in [5, 5.41) is 2.75. The van der Waals surface area contributed by atoms with Crippen molar-refractivity contribution in [2.24, 2.45) is 0 Å². The van der Waals surface area contributed by atoms with Crippen molar-refractivity contribution >= 4 is 24.6 Å². The molecular formula is C17H25BN2O5. The second-order valence-corrected chi connectivity index (χ2v) is 8.53. The van der Waals surface area contributed by atoms with Crippen LogP contribution in [0.2, 0.25) is 0 Å². The summed E-state index contributed by atoms with van der Waals surface area (Å²) in [6.45, 7) is 13.5. The molecule has 0 radical (unpaired) electrons. The van der Waals surface area contributed by atoms with Crippen LogP contribution in [0.5, 0.6) is 0 Å². The van der Waals surface area contributed by atoms with Crippen LogP contribution in [0.3, 0.4) is 0 Å². The smallest absolute Gasteiger partial charge is 0.443 e. The summed E-state index contributed by atoms with van der Waals surface area (Å²) in [5.41, 5.74) is 0.0167. The monoisotopic (exact) mass is 348 g/mol. The second-order valence-electron chi connectivity index (χ2n) is 8.53. The molecule has 2 aliphatic heterocycles. The fourth-order valence-electron chi connectivity index (χ4n) is 2.88. The number of aromatic nitrogens is 1. The van der Waals surface area contributed by atoms with Gasteiger partial charge >= 0.3 is 13.2 Å². The molecule has 1 fully saturated rings. The predicted octanol–water partition coefficient (Wildman–Crippen LogP) is 1.81. The van der Waals surface area contributed by atoms with Crippen molar-refractivity contribution in [1.82, 2.24) is 9.88 Å². The van der Waals surface area contributed by atoms with Gasteiger partial charge in [0.2, 0.25) is 0 Å². The largest absolute Gasteiger partial charge is 0.496 e. The van der Waals surface area contributed by atoms with E-state index in [0.29, 0.717) is 23.3 Å². The Balaban J connectivity index is 2.01. The van der Waals surface area contributed by atoms with Crippen molar-refractivity contribution < 1.29 is 23.6 Å². The van der Waals surface area contributed by atoms with E-state index in [1.807, 2.05) is 27.7 Å². The third-order valence-electron chi connectivity index (χ3n) is 4.88. The van der Waals surface area contributed by atoms with Crippen molar-refractivity contribution in [3.8, 4) is 0 Å². The lowest BCUT2D eigenvalue weighted by molar-refractivity contribution is 0.00578. The number of fused-ring (bicyclic) bond motifs is 1. The molecule has 25 heavy (non-hydrogen) atoms. The Morgan fingerprint density at radius 1 is 1.24 bits per heavy atom. The number of carbonyl (C=O) groups excluding carboxylic acids is 2. The highest BCUT2D eigenvalue weighted by Crippen LogP contribution is 2.37. The molecule has 1 N–H and O–H groups in total. The fraction of sp³-hybridized carbons (Fsp3) is 0.647. The van der Waals surface area contributed by atoms with Crippen LogP contribution in [-0.2, 0) is 20.6 Å². The van der Waals surface area contributed by atoms with Crippen molar-refractivity contribution in [2.75, 3.05) is 0 Å². The van der Waals surface area contributed by atoms with Crippen molar-refractivity contribution in [3.63, 3.8) is 0 Å². The fourth-order valence-corrected chi connectivity index (χ4v) is 2.88. The summed E-state index contributed by atoms with van der Waals surface area (Å²) in [4.78, 5) is 24.7. The van der Waals surface area contributed by atoms with Gasteiger partial charge in [0.15, 0.2) is 0 Å². The maximum absolute atomic E-state index is 12.5. The maximum Gasteiger partial charge on any atom is 0.496 e. The first-order valence-corrected chi connectivity index (χ1v) is 8.44. The molecule has 1 aromatic heterocycles. The number of ether oxygens (including phenoxy) is 1. The molecule has 8 heteroatoms. The molecule has 3 heterocycles. The first-order valence-electron chi connectivity index (χ1n) is 8.44. The first-order chi connectivity index (χ1) is 11.3. The Morgan fingerprint density at radius 3 is 2.32 bits per heavy atom. The lowest BCUT2D eigenvalue weighted by Crippen LogP contribution is -2.41. The summed E-state index contributed by atoms with van der Waals surface area (Å²) in [5.74, 6) is -0.302. The van der Waals surface area contributed by atoms with Crippen LogP contribution in [0.25, 0.3) is 0 Å². The molecule has 2 aliphatic rings. The Kier molecular flexibility index (Phi) is 3.85. The number of rotatable bonds is 1. The second kappa shape index (κ2) is 5.35. The van der Waals surface area contributed by atoms with E-state index in [1.54, 1.807) is 27.0 Å². The van der Waals surface area contributed by atoms with Gasteiger partial charge in [0, 0.05) is 23.8 Å². The van der Waals surface area contributed by atoms with E-state index in [9.17, 15) is 9.59 Å². The minimum absolute atomic E-state index is 0.291. The van der Waals surface area contributed by atoms with E-state index in [4.69, 9.17) is 14.0 Å². The average molecular weight is 348 g/mol. The van der Waals surface area contributed by atoms with Gasteiger partial charge in [-0.2, -0.15) is 0 Å². The van der Waals surface area contributed by atoms with Crippen molar-refractivity contribution in [2.45, 2.75) is 71.8 Å². The Bertz CT molecular complexity index is 729. The van der Waals surface area contributed by atoms with Crippen LogP contribution in [0.4, 0.5) is 4.79 Å². The molecule has 1 aromatic rings. The summed E-state index contributed by atoms with van der Waals surface area (Å²) < 4.78 is 18.8. The first kappa shape index (κ1) is 18.0. The zero-order chi connectivity index (χ0) is 18.8. The number of carbonyl (C=O) groups is 2. The standard InChI is InChI=1S/C17H25BN2O5/c1-15(2,3)23-14(22)20-9-11(10-8-19-13(21)12(10)20)18-24-16(4,5)17(6,7)25-18/h9H,8H2,1-7H3,(H,19,21). The van der Waals surface area contributed by atoms with Gasteiger partial charge in [-0.15, -0.1) is 0 Å². The topological polar surface area (TPSA) is 78.8 Å². The quantitative estimate of drug-likeness (QED) is 0.783. The van der Waals surface area contributed by atoms with E-state index in [0.717, 1.165) is 0 Å². The van der Waals surface area contributed by atoms with Crippen LogP contribution < -0.4 is 10.8 Å². The molecule has 3 rings (SSSR count). The molecule has 0 aliphatic carbocycles.